The normalized spacial score (nSPS) is 29.0. The van der Waals surface area contributed by atoms with Crippen LogP contribution in [0, 0.1) is 17.8 Å². The lowest BCUT2D eigenvalue weighted by atomic mass is 9.75. The Morgan fingerprint density at radius 2 is 2.03 bits per heavy atom. The Labute approximate surface area is 192 Å². The molecule has 3 N–H and O–H groups in total. The quantitative estimate of drug-likeness (QED) is 0.482. The number of benzene rings is 1. The molecule has 1 aromatic rings. The molecule has 0 bridgehead atoms. The smallest absolute Gasteiger partial charge is 0.332 e. The second-order valence-corrected chi connectivity index (χ2v) is 10.2. The number of rotatable bonds is 10. The van der Waals surface area contributed by atoms with Crippen molar-refractivity contribution in [1.82, 2.24) is 10.6 Å². The molecule has 3 rings (SSSR count). The van der Waals surface area contributed by atoms with Crippen molar-refractivity contribution in [2.24, 2.45) is 17.8 Å². The predicted octanol–water partition coefficient (Wildman–Crippen LogP) is 3.22. The molecular formula is C26H40N2O4. The van der Waals surface area contributed by atoms with Crippen LogP contribution in [-0.2, 0) is 20.7 Å². The third kappa shape index (κ3) is 6.32. The van der Waals surface area contributed by atoms with Gasteiger partial charge in [-0.25, -0.2) is 4.79 Å². The maximum atomic E-state index is 13.4. The van der Waals surface area contributed by atoms with Gasteiger partial charge in [-0.15, -0.1) is 0 Å². The Balaban J connectivity index is 1.61. The molecule has 6 nitrogen and oxygen atoms in total. The molecule has 1 saturated carbocycles. The highest BCUT2D eigenvalue weighted by atomic mass is 16.5. The second-order valence-electron chi connectivity index (χ2n) is 10.2. The van der Waals surface area contributed by atoms with Crippen LogP contribution in [0.15, 0.2) is 30.3 Å². The molecule has 0 aromatic heterocycles. The first-order chi connectivity index (χ1) is 15.3. The fourth-order valence-electron chi connectivity index (χ4n) is 5.25. The van der Waals surface area contributed by atoms with Crippen molar-refractivity contribution in [3.63, 3.8) is 0 Å². The van der Waals surface area contributed by atoms with Gasteiger partial charge in [-0.1, -0.05) is 57.5 Å². The summed E-state index contributed by atoms with van der Waals surface area (Å²) < 4.78 is 6.12. The number of carbonyl (C=O) groups is 2. The molecule has 2 fully saturated rings. The van der Waals surface area contributed by atoms with Crippen molar-refractivity contribution in [3.05, 3.63) is 35.9 Å². The van der Waals surface area contributed by atoms with E-state index in [1.807, 2.05) is 30.3 Å². The maximum absolute atomic E-state index is 13.4. The number of esters is 1. The van der Waals surface area contributed by atoms with Gasteiger partial charge in [0.1, 0.15) is 11.6 Å². The van der Waals surface area contributed by atoms with Gasteiger partial charge in [0.05, 0.1) is 6.61 Å². The summed E-state index contributed by atoms with van der Waals surface area (Å²) in [6.07, 6.45) is 5.02. The van der Waals surface area contributed by atoms with Gasteiger partial charge < -0.3 is 20.5 Å². The van der Waals surface area contributed by atoms with Crippen LogP contribution < -0.4 is 10.6 Å². The topological polar surface area (TPSA) is 87.7 Å². The SMILES string of the molecule is CC(C)[C@H]1CC[C@H](C)C[C@@H]1OC(=O)[C@]1(CCN[C@H](CO)Cc2ccccc2)CCC(=O)N1. The molecule has 0 radical (unpaired) electrons. The number of aliphatic hydroxyl groups excluding tert-OH is 1. The van der Waals surface area contributed by atoms with E-state index >= 15 is 0 Å². The lowest BCUT2D eigenvalue weighted by molar-refractivity contribution is -0.164. The summed E-state index contributed by atoms with van der Waals surface area (Å²) in [5, 5.41) is 16.1. The maximum Gasteiger partial charge on any atom is 0.332 e. The molecule has 1 aliphatic carbocycles. The Kier molecular flexibility index (Phi) is 8.72. The zero-order valence-electron chi connectivity index (χ0n) is 19.8. The molecular weight excluding hydrogens is 404 g/mol. The summed E-state index contributed by atoms with van der Waals surface area (Å²) >= 11 is 0. The molecule has 0 spiro atoms. The third-order valence-electron chi connectivity index (χ3n) is 7.30. The van der Waals surface area contributed by atoms with Crippen molar-refractivity contribution in [3.8, 4) is 0 Å². The van der Waals surface area contributed by atoms with Crippen molar-refractivity contribution in [2.45, 2.75) is 83.4 Å². The van der Waals surface area contributed by atoms with Gasteiger partial charge in [-0.05, 0) is 62.0 Å². The minimum Gasteiger partial charge on any atom is -0.460 e. The summed E-state index contributed by atoms with van der Waals surface area (Å²) in [5.74, 6) is 0.981. The van der Waals surface area contributed by atoms with E-state index in [0.29, 0.717) is 50.0 Å². The molecule has 2 aliphatic rings. The lowest BCUT2D eigenvalue weighted by Crippen LogP contribution is -2.54. The molecule has 6 heteroatoms. The molecule has 5 atom stereocenters. The van der Waals surface area contributed by atoms with Gasteiger partial charge in [0.2, 0.25) is 5.91 Å². The van der Waals surface area contributed by atoms with Crippen LogP contribution in [0.5, 0.6) is 0 Å². The van der Waals surface area contributed by atoms with E-state index in [9.17, 15) is 14.7 Å². The number of ether oxygens (including phenoxy) is 1. The standard InChI is InChI=1S/C26H40N2O4/c1-18(2)22-10-9-19(3)15-23(22)32-25(31)26(12-11-24(30)28-26)13-14-27-21(17-29)16-20-7-5-4-6-8-20/h4-8,18-19,21-23,27,29H,9-17H2,1-3H3,(H,28,30)/t19-,21-,22+,23-,26+/m0/s1. The van der Waals surface area contributed by atoms with Crippen LogP contribution in [-0.4, -0.2) is 47.8 Å². The third-order valence-corrected chi connectivity index (χ3v) is 7.30. The molecule has 1 aliphatic heterocycles. The highest BCUT2D eigenvalue weighted by Gasteiger charge is 2.47. The number of hydrogen-bond donors (Lipinski definition) is 3. The predicted molar refractivity (Wildman–Crippen MR) is 125 cm³/mol. The van der Waals surface area contributed by atoms with Gasteiger partial charge in [-0.3, -0.25) is 4.79 Å². The van der Waals surface area contributed by atoms with Gasteiger partial charge in [-0.2, -0.15) is 0 Å². The number of hydrogen-bond acceptors (Lipinski definition) is 5. The second kappa shape index (κ2) is 11.3. The molecule has 1 aromatic carbocycles. The molecule has 0 unspecified atom stereocenters. The van der Waals surface area contributed by atoms with Crippen LogP contribution in [0.3, 0.4) is 0 Å². The van der Waals surface area contributed by atoms with Crippen molar-refractivity contribution in [1.29, 1.82) is 0 Å². The Morgan fingerprint density at radius 3 is 2.66 bits per heavy atom. The molecule has 1 amide bonds. The highest BCUT2D eigenvalue weighted by molar-refractivity contribution is 5.91. The molecule has 1 heterocycles. The fraction of sp³-hybridized carbons (Fsp3) is 0.692. The zero-order chi connectivity index (χ0) is 23.1. The van der Waals surface area contributed by atoms with Gasteiger partial charge in [0, 0.05) is 12.5 Å². The lowest BCUT2D eigenvalue weighted by Gasteiger charge is -2.39. The minimum atomic E-state index is -0.973. The van der Waals surface area contributed by atoms with Crippen LogP contribution >= 0.6 is 0 Å². The van der Waals surface area contributed by atoms with Crippen LogP contribution in [0.1, 0.15) is 64.9 Å². The average molecular weight is 445 g/mol. The number of amides is 1. The van der Waals surface area contributed by atoms with E-state index in [-0.39, 0.29) is 30.6 Å². The van der Waals surface area contributed by atoms with E-state index < -0.39 is 5.54 Å². The summed E-state index contributed by atoms with van der Waals surface area (Å²) in [5.41, 5.74) is 0.174. The highest BCUT2D eigenvalue weighted by Crippen LogP contribution is 2.37. The van der Waals surface area contributed by atoms with E-state index in [4.69, 9.17) is 4.74 Å². The first kappa shape index (κ1) is 24.7. The summed E-state index contributed by atoms with van der Waals surface area (Å²) in [6, 6.07) is 9.92. The molecule has 32 heavy (non-hydrogen) atoms. The zero-order valence-corrected chi connectivity index (χ0v) is 19.8. The average Bonchev–Trinajstić information content (AvgIpc) is 3.15. The molecule has 1 saturated heterocycles. The number of carbonyl (C=O) groups excluding carboxylic acids is 2. The first-order valence-electron chi connectivity index (χ1n) is 12.2. The summed E-state index contributed by atoms with van der Waals surface area (Å²) in [7, 11) is 0. The Hall–Kier alpha value is -1.92. The van der Waals surface area contributed by atoms with E-state index in [1.54, 1.807) is 0 Å². The van der Waals surface area contributed by atoms with E-state index in [2.05, 4.69) is 31.4 Å². The van der Waals surface area contributed by atoms with Gasteiger partial charge in [0.25, 0.3) is 0 Å². The largest absolute Gasteiger partial charge is 0.460 e. The summed E-state index contributed by atoms with van der Waals surface area (Å²) in [6.45, 7) is 7.13. The summed E-state index contributed by atoms with van der Waals surface area (Å²) in [4.78, 5) is 25.5. The van der Waals surface area contributed by atoms with E-state index in [1.165, 1.54) is 6.42 Å². The van der Waals surface area contributed by atoms with Crippen molar-refractivity contribution >= 4 is 11.9 Å². The van der Waals surface area contributed by atoms with Crippen LogP contribution in [0.25, 0.3) is 0 Å². The fourth-order valence-corrected chi connectivity index (χ4v) is 5.25. The van der Waals surface area contributed by atoms with Crippen LogP contribution in [0.2, 0.25) is 0 Å². The van der Waals surface area contributed by atoms with Crippen LogP contribution in [0.4, 0.5) is 0 Å². The van der Waals surface area contributed by atoms with Gasteiger partial charge >= 0.3 is 5.97 Å². The monoisotopic (exact) mass is 444 g/mol. The Morgan fingerprint density at radius 1 is 1.28 bits per heavy atom. The Bertz CT molecular complexity index is 753. The first-order valence-corrected chi connectivity index (χ1v) is 12.2. The minimum absolute atomic E-state index is 0.00866. The number of aliphatic hydroxyl groups is 1. The number of nitrogens with one attached hydrogen (secondary N) is 2. The van der Waals surface area contributed by atoms with Gasteiger partial charge in [0.15, 0.2) is 0 Å². The van der Waals surface area contributed by atoms with Crippen molar-refractivity contribution in [2.75, 3.05) is 13.2 Å². The van der Waals surface area contributed by atoms with Crippen molar-refractivity contribution < 1.29 is 19.4 Å². The van der Waals surface area contributed by atoms with E-state index in [0.717, 1.165) is 18.4 Å². The molecule has 178 valence electrons.